The maximum absolute atomic E-state index is 10.9. The van der Waals surface area contributed by atoms with Crippen molar-refractivity contribution in [2.45, 2.75) is 6.10 Å². The molecule has 1 N–H and O–H groups in total. The van der Waals surface area contributed by atoms with Crippen LogP contribution in [0.4, 0.5) is 5.69 Å². The number of methoxy groups -OCH3 is 1. The van der Waals surface area contributed by atoms with E-state index >= 15 is 0 Å². The Bertz CT molecular complexity index is 463. The zero-order valence-electron chi connectivity index (χ0n) is 9.44. The van der Waals surface area contributed by atoms with Crippen LogP contribution in [0.3, 0.4) is 0 Å². The fourth-order valence-corrected chi connectivity index (χ4v) is 1.97. The van der Waals surface area contributed by atoms with Gasteiger partial charge in [0.2, 0.25) is 6.10 Å². The van der Waals surface area contributed by atoms with Crippen molar-refractivity contribution in [3.8, 4) is 11.5 Å². The van der Waals surface area contributed by atoms with Gasteiger partial charge < -0.3 is 19.5 Å². The molecule has 0 aromatic heterocycles. The van der Waals surface area contributed by atoms with Gasteiger partial charge in [0.15, 0.2) is 0 Å². The van der Waals surface area contributed by atoms with Crippen molar-refractivity contribution < 1.29 is 19.4 Å². The molecule has 92 valence electrons. The number of hydrogen-bond acceptors (Lipinski definition) is 4. The van der Waals surface area contributed by atoms with Crippen LogP contribution in [0.2, 0.25) is 5.02 Å². The number of aliphatic carboxylic acids is 1. The highest BCUT2D eigenvalue weighted by atomic mass is 35.5. The summed E-state index contributed by atoms with van der Waals surface area (Å²) in [7, 11) is 3.29. The van der Waals surface area contributed by atoms with Crippen molar-refractivity contribution in [1.29, 1.82) is 0 Å². The number of likely N-dealkylation sites (N-methyl/N-ethyl adjacent to an activating group) is 1. The van der Waals surface area contributed by atoms with E-state index in [1.165, 1.54) is 7.11 Å². The van der Waals surface area contributed by atoms with E-state index in [1.807, 2.05) is 0 Å². The summed E-state index contributed by atoms with van der Waals surface area (Å²) in [4.78, 5) is 12.7. The molecule has 0 saturated carbocycles. The summed E-state index contributed by atoms with van der Waals surface area (Å²) in [6.07, 6.45) is -0.876. The average molecular weight is 258 g/mol. The number of fused-ring (bicyclic) bond motifs is 1. The molecule has 17 heavy (non-hydrogen) atoms. The van der Waals surface area contributed by atoms with Crippen molar-refractivity contribution in [2.24, 2.45) is 0 Å². The van der Waals surface area contributed by atoms with Gasteiger partial charge >= 0.3 is 5.97 Å². The normalized spacial score (nSPS) is 18.3. The van der Waals surface area contributed by atoms with Crippen molar-refractivity contribution in [3.63, 3.8) is 0 Å². The predicted octanol–water partition coefficient (Wildman–Crippen LogP) is 1.63. The fraction of sp³-hybridized carbons (Fsp3) is 0.364. The van der Waals surface area contributed by atoms with Gasteiger partial charge in [-0.3, -0.25) is 0 Å². The number of carbonyl (C=O) groups is 1. The minimum absolute atomic E-state index is 0.283. The number of carboxylic acid groups (broad SMARTS) is 1. The Morgan fingerprint density at radius 3 is 2.94 bits per heavy atom. The minimum atomic E-state index is -0.989. The smallest absolute Gasteiger partial charge is 0.346 e. The van der Waals surface area contributed by atoms with Crippen molar-refractivity contribution in [3.05, 3.63) is 17.2 Å². The van der Waals surface area contributed by atoms with Gasteiger partial charge in [0.05, 0.1) is 24.4 Å². The molecule has 0 amide bonds. The lowest BCUT2D eigenvalue weighted by Crippen LogP contribution is -2.42. The van der Waals surface area contributed by atoms with Crippen LogP contribution in [-0.4, -0.2) is 37.9 Å². The van der Waals surface area contributed by atoms with Gasteiger partial charge in [-0.15, -0.1) is 0 Å². The molecule has 0 bridgehead atoms. The molecule has 0 fully saturated rings. The number of carboxylic acids is 1. The molecule has 0 saturated heterocycles. The van der Waals surface area contributed by atoms with E-state index in [4.69, 9.17) is 26.2 Å². The van der Waals surface area contributed by atoms with Gasteiger partial charge in [0, 0.05) is 13.1 Å². The molecular weight excluding hydrogens is 246 g/mol. The number of halogens is 1. The van der Waals surface area contributed by atoms with Gasteiger partial charge in [0.25, 0.3) is 0 Å². The first-order valence-electron chi connectivity index (χ1n) is 5.01. The number of hydrogen-bond donors (Lipinski definition) is 1. The molecule has 1 unspecified atom stereocenters. The molecule has 5 nitrogen and oxygen atoms in total. The Hall–Kier alpha value is -1.62. The lowest BCUT2D eigenvalue weighted by atomic mass is 10.2. The average Bonchev–Trinajstić information content (AvgIpc) is 2.29. The van der Waals surface area contributed by atoms with Crippen LogP contribution in [0.15, 0.2) is 12.1 Å². The molecular formula is C11H12ClNO4. The van der Waals surface area contributed by atoms with Crippen LogP contribution >= 0.6 is 11.6 Å². The van der Waals surface area contributed by atoms with Crippen LogP contribution in [-0.2, 0) is 4.79 Å². The summed E-state index contributed by atoms with van der Waals surface area (Å²) in [6.45, 7) is 0.283. The SMILES string of the molecule is COc1cc2c(cc1Cl)N(C)CC(C(=O)O)O2. The third kappa shape index (κ3) is 2.10. The van der Waals surface area contributed by atoms with Crippen molar-refractivity contribution in [1.82, 2.24) is 0 Å². The highest BCUT2D eigenvalue weighted by Gasteiger charge is 2.29. The summed E-state index contributed by atoms with van der Waals surface area (Å²) in [5.74, 6) is -0.0614. The number of ether oxygens (including phenoxy) is 2. The molecule has 1 heterocycles. The third-order valence-corrected chi connectivity index (χ3v) is 2.92. The first kappa shape index (κ1) is 11.9. The first-order chi connectivity index (χ1) is 8.02. The molecule has 1 atom stereocenters. The molecule has 1 aromatic carbocycles. The van der Waals surface area contributed by atoms with Crippen molar-refractivity contribution >= 4 is 23.3 Å². The topological polar surface area (TPSA) is 59.0 Å². The molecule has 0 spiro atoms. The summed E-state index contributed by atoms with van der Waals surface area (Å²) in [5.41, 5.74) is 0.758. The maximum atomic E-state index is 10.9. The molecule has 1 aliphatic heterocycles. The molecule has 1 aliphatic rings. The Kier molecular flexibility index (Phi) is 3.02. The Morgan fingerprint density at radius 1 is 1.65 bits per heavy atom. The highest BCUT2D eigenvalue weighted by Crippen LogP contribution is 2.40. The second kappa shape index (κ2) is 4.33. The third-order valence-electron chi connectivity index (χ3n) is 2.63. The van der Waals surface area contributed by atoms with E-state index in [0.29, 0.717) is 16.5 Å². The maximum Gasteiger partial charge on any atom is 0.346 e. The molecule has 0 radical (unpaired) electrons. The fourth-order valence-electron chi connectivity index (χ4n) is 1.74. The Labute approximate surface area is 103 Å². The highest BCUT2D eigenvalue weighted by molar-refractivity contribution is 6.32. The van der Waals surface area contributed by atoms with Crippen LogP contribution in [0.5, 0.6) is 11.5 Å². The second-order valence-electron chi connectivity index (χ2n) is 3.78. The largest absolute Gasteiger partial charge is 0.495 e. The van der Waals surface area contributed by atoms with Crippen LogP contribution in [0.25, 0.3) is 0 Å². The van der Waals surface area contributed by atoms with Gasteiger partial charge in [-0.25, -0.2) is 4.79 Å². The van der Waals surface area contributed by atoms with E-state index in [-0.39, 0.29) is 6.54 Å². The summed E-state index contributed by atoms with van der Waals surface area (Å²) < 4.78 is 10.4. The Morgan fingerprint density at radius 2 is 2.35 bits per heavy atom. The second-order valence-corrected chi connectivity index (χ2v) is 4.19. The van der Waals surface area contributed by atoms with Crippen LogP contribution in [0, 0.1) is 0 Å². The molecule has 6 heteroatoms. The van der Waals surface area contributed by atoms with E-state index in [0.717, 1.165) is 5.69 Å². The number of anilines is 1. The quantitative estimate of drug-likeness (QED) is 0.873. The Balaban J connectivity index is 2.42. The van der Waals surface area contributed by atoms with Gasteiger partial charge in [-0.1, -0.05) is 11.6 Å². The van der Waals surface area contributed by atoms with Crippen molar-refractivity contribution in [2.75, 3.05) is 25.6 Å². The zero-order valence-corrected chi connectivity index (χ0v) is 10.2. The summed E-state index contributed by atoms with van der Waals surface area (Å²) in [5, 5.41) is 9.42. The van der Waals surface area contributed by atoms with E-state index in [9.17, 15) is 4.79 Å². The monoisotopic (exact) mass is 257 g/mol. The minimum Gasteiger partial charge on any atom is -0.495 e. The molecule has 2 rings (SSSR count). The van der Waals surface area contributed by atoms with E-state index in [1.54, 1.807) is 24.1 Å². The zero-order chi connectivity index (χ0) is 12.6. The number of rotatable bonds is 2. The van der Waals surface area contributed by atoms with Gasteiger partial charge in [-0.2, -0.15) is 0 Å². The molecule has 0 aliphatic carbocycles. The summed E-state index contributed by atoms with van der Waals surface area (Å²) in [6, 6.07) is 3.30. The van der Waals surface area contributed by atoms with Crippen LogP contribution < -0.4 is 14.4 Å². The lowest BCUT2D eigenvalue weighted by molar-refractivity contribution is -0.144. The summed E-state index contributed by atoms with van der Waals surface area (Å²) >= 11 is 6.00. The standard InChI is InChI=1S/C11H12ClNO4/c1-13-5-10(11(14)15)17-9-4-8(16-2)6(12)3-7(9)13/h3-4,10H,5H2,1-2H3,(H,14,15). The lowest BCUT2D eigenvalue weighted by Gasteiger charge is -2.32. The molecule has 1 aromatic rings. The van der Waals surface area contributed by atoms with Crippen LogP contribution in [0.1, 0.15) is 0 Å². The number of benzene rings is 1. The van der Waals surface area contributed by atoms with Gasteiger partial charge in [-0.05, 0) is 6.07 Å². The number of nitrogens with zero attached hydrogens (tertiary/aromatic N) is 1. The predicted molar refractivity (Wildman–Crippen MR) is 63.3 cm³/mol. The van der Waals surface area contributed by atoms with Gasteiger partial charge in [0.1, 0.15) is 11.5 Å². The van der Waals surface area contributed by atoms with E-state index in [2.05, 4.69) is 0 Å². The van der Waals surface area contributed by atoms with E-state index < -0.39 is 12.1 Å². The first-order valence-corrected chi connectivity index (χ1v) is 5.39.